The summed E-state index contributed by atoms with van der Waals surface area (Å²) in [6.45, 7) is 1.31. The number of Topliss-reactive ketones (excluding diaryl/α,β-unsaturated/α-hetero) is 2. The van der Waals surface area contributed by atoms with Crippen LogP contribution in [-0.2, 0) is 15.2 Å². The van der Waals surface area contributed by atoms with Crippen molar-refractivity contribution >= 4 is 63.1 Å². The Hall–Kier alpha value is -1.65. The number of alkyl halides is 3. The molecule has 4 nitrogen and oxygen atoms in total. The van der Waals surface area contributed by atoms with E-state index in [0.29, 0.717) is 14.7 Å². The third kappa shape index (κ3) is 4.50. The number of carbonyl (C=O) groups excluding carboxylic acids is 2. The lowest BCUT2D eigenvalue weighted by Gasteiger charge is -2.29. The average molecular weight is 570 g/mol. The summed E-state index contributed by atoms with van der Waals surface area (Å²) in [5.41, 5.74) is -2.23. The molecule has 158 valence electrons. The van der Waals surface area contributed by atoms with Gasteiger partial charge >= 0.3 is 6.18 Å². The summed E-state index contributed by atoms with van der Waals surface area (Å²) < 4.78 is 42.7. The standard InChI is InChI=1S/C20H13Cl2F3INO3/c1-10(28)4-18(29)15-3-2-11(5-16(15)26)17-9-19(30-27-17,20(23,24)25)12-6-13(21)8-14(22)7-12/h2-3,5-8H,4,9H2,1H3. The maximum Gasteiger partial charge on any atom is 0.435 e. The van der Waals surface area contributed by atoms with Gasteiger partial charge in [0.25, 0.3) is 5.60 Å². The van der Waals surface area contributed by atoms with Crippen LogP contribution in [0.3, 0.4) is 0 Å². The lowest BCUT2D eigenvalue weighted by molar-refractivity contribution is -0.275. The van der Waals surface area contributed by atoms with Gasteiger partial charge in [-0.1, -0.05) is 34.4 Å². The first kappa shape index (κ1) is 23.0. The van der Waals surface area contributed by atoms with Crippen molar-refractivity contribution in [3.05, 3.63) is 66.7 Å². The van der Waals surface area contributed by atoms with E-state index in [1.807, 2.05) is 22.6 Å². The quantitative estimate of drug-likeness (QED) is 0.240. The molecule has 0 radical (unpaired) electrons. The van der Waals surface area contributed by atoms with Crippen LogP contribution in [0.4, 0.5) is 13.2 Å². The topological polar surface area (TPSA) is 55.7 Å². The number of ketones is 2. The van der Waals surface area contributed by atoms with Gasteiger partial charge < -0.3 is 4.84 Å². The number of oxime groups is 1. The van der Waals surface area contributed by atoms with Gasteiger partial charge in [-0.05, 0) is 59.8 Å². The van der Waals surface area contributed by atoms with Gasteiger partial charge in [-0.15, -0.1) is 0 Å². The highest BCUT2D eigenvalue weighted by Gasteiger charge is 2.62. The number of rotatable bonds is 5. The van der Waals surface area contributed by atoms with Crippen LogP contribution in [0.5, 0.6) is 0 Å². The number of nitrogens with zero attached hydrogens (tertiary/aromatic N) is 1. The fourth-order valence-corrected chi connectivity index (χ4v) is 4.43. The highest BCUT2D eigenvalue weighted by atomic mass is 127. The fraction of sp³-hybridized carbons (Fsp3) is 0.250. The van der Waals surface area contributed by atoms with Crippen LogP contribution in [0, 0.1) is 3.57 Å². The van der Waals surface area contributed by atoms with Gasteiger partial charge in [-0.2, -0.15) is 13.2 Å². The molecule has 1 heterocycles. The largest absolute Gasteiger partial charge is 0.435 e. The molecule has 0 bridgehead atoms. The van der Waals surface area contributed by atoms with Crippen molar-refractivity contribution in [2.24, 2.45) is 5.16 Å². The summed E-state index contributed by atoms with van der Waals surface area (Å²) in [4.78, 5) is 28.3. The number of hydrogen-bond acceptors (Lipinski definition) is 4. The lowest BCUT2D eigenvalue weighted by atomic mass is 9.86. The SMILES string of the molecule is CC(=O)CC(=O)c1ccc(C2=NOC(c3cc(Cl)cc(Cl)c3)(C(F)(F)F)C2)cc1I. The van der Waals surface area contributed by atoms with Gasteiger partial charge in [-0.25, -0.2) is 0 Å². The predicted octanol–water partition coefficient (Wildman–Crippen LogP) is 6.34. The van der Waals surface area contributed by atoms with Crippen molar-refractivity contribution in [1.82, 2.24) is 0 Å². The average Bonchev–Trinajstić information content (AvgIpc) is 3.06. The van der Waals surface area contributed by atoms with E-state index in [9.17, 15) is 22.8 Å². The van der Waals surface area contributed by atoms with Gasteiger partial charge in [0.05, 0.1) is 12.1 Å². The maximum absolute atomic E-state index is 14.1. The van der Waals surface area contributed by atoms with E-state index in [1.54, 1.807) is 0 Å². The van der Waals surface area contributed by atoms with Crippen molar-refractivity contribution in [1.29, 1.82) is 0 Å². The van der Waals surface area contributed by atoms with Gasteiger partial charge in [0.1, 0.15) is 5.78 Å². The molecule has 0 saturated heterocycles. The normalized spacial score (nSPS) is 18.7. The third-order valence-corrected chi connectivity index (χ3v) is 5.86. The minimum atomic E-state index is -4.79. The number of hydrogen-bond donors (Lipinski definition) is 0. The molecule has 30 heavy (non-hydrogen) atoms. The molecule has 0 aliphatic carbocycles. The molecular formula is C20H13Cl2F3INO3. The van der Waals surface area contributed by atoms with Crippen LogP contribution in [0.1, 0.15) is 41.3 Å². The molecule has 0 saturated carbocycles. The Balaban J connectivity index is 1.96. The Morgan fingerprint density at radius 1 is 1.17 bits per heavy atom. The summed E-state index contributed by atoms with van der Waals surface area (Å²) in [5, 5.41) is 3.78. The van der Waals surface area contributed by atoms with Crippen molar-refractivity contribution < 1.29 is 27.6 Å². The molecule has 2 aromatic carbocycles. The van der Waals surface area contributed by atoms with Gasteiger partial charge in [0, 0.05) is 36.7 Å². The summed E-state index contributed by atoms with van der Waals surface area (Å²) in [6.07, 6.45) is -5.63. The molecule has 2 aromatic rings. The Kier molecular flexibility index (Phi) is 6.50. The molecule has 0 spiro atoms. The van der Waals surface area contributed by atoms with Crippen LogP contribution in [0.15, 0.2) is 41.6 Å². The predicted molar refractivity (Wildman–Crippen MR) is 115 cm³/mol. The second-order valence-electron chi connectivity index (χ2n) is 6.79. The minimum Gasteiger partial charge on any atom is -0.374 e. The van der Waals surface area contributed by atoms with Gasteiger partial charge in [0.2, 0.25) is 0 Å². The molecule has 1 aliphatic rings. The van der Waals surface area contributed by atoms with Crippen molar-refractivity contribution in [2.45, 2.75) is 31.5 Å². The Labute approximate surface area is 193 Å². The molecular weight excluding hydrogens is 557 g/mol. The minimum absolute atomic E-state index is 0.0426. The molecule has 10 heteroatoms. The van der Waals surface area contributed by atoms with E-state index in [4.69, 9.17) is 28.0 Å². The van der Waals surface area contributed by atoms with E-state index in [2.05, 4.69) is 5.16 Å². The van der Waals surface area contributed by atoms with Crippen LogP contribution < -0.4 is 0 Å². The highest BCUT2D eigenvalue weighted by molar-refractivity contribution is 14.1. The van der Waals surface area contributed by atoms with E-state index in [-0.39, 0.29) is 39.3 Å². The Bertz CT molecular complexity index is 1050. The summed E-state index contributed by atoms with van der Waals surface area (Å²) in [7, 11) is 0. The zero-order valence-corrected chi connectivity index (χ0v) is 19.0. The van der Waals surface area contributed by atoms with Crippen LogP contribution in [-0.4, -0.2) is 23.5 Å². The molecule has 0 N–H and O–H groups in total. The van der Waals surface area contributed by atoms with Crippen LogP contribution in [0.2, 0.25) is 10.0 Å². The van der Waals surface area contributed by atoms with Crippen LogP contribution in [0.25, 0.3) is 0 Å². The van der Waals surface area contributed by atoms with E-state index >= 15 is 0 Å². The zero-order valence-electron chi connectivity index (χ0n) is 15.3. The zero-order chi connectivity index (χ0) is 22.3. The van der Waals surface area contributed by atoms with Crippen molar-refractivity contribution in [3.8, 4) is 0 Å². The second kappa shape index (κ2) is 8.47. The number of carbonyl (C=O) groups is 2. The Morgan fingerprint density at radius 3 is 2.33 bits per heavy atom. The van der Waals surface area contributed by atoms with E-state index in [0.717, 1.165) is 12.1 Å². The first-order chi connectivity index (χ1) is 13.9. The molecule has 0 fully saturated rings. The molecule has 1 unspecified atom stereocenters. The molecule has 1 aliphatic heterocycles. The first-order valence-electron chi connectivity index (χ1n) is 8.54. The summed E-state index contributed by atoms with van der Waals surface area (Å²) in [6, 6.07) is 8.10. The maximum atomic E-state index is 14.1. The van der Waals surface area contributed by atoms with Crippen molar-refractivity contribution in [3.63, 3.8) is 0 Å². The smallest absolute Gasteiger partial charge is 0.374 e. The van der Waals surface area contributed by atoms with Crippen molar-refractivity contribution in [2.75, 3.05) is 0 Å². The number of halogens is 6. The fourth-order valence-electron chi connectivity index (χ4n) is 3.09. The third-order valence-electron chi connectivity index (χ3n) is 4.53. The summed E-state index contributed by atoms with van der Waals surface area (Å²) in [5.74, 6) is -0.634. The lowest BCUT2D eigenvalue weighted by Crippen LogP contribution is -2.42. The van der Waals surface area contributed by atoms with E-state index in [1.165, 1.54) is 31.2 Å². The molecule has 0 amide bonds. The molecule has 1 atom stereocenters. The van der Waals surface area contributed by atoms with Crippen LogP contribution >= 0.6 is 45.8 Å². The number of benzene rings is 2. The van der Waals surface area contributed by atoms with E-state index < -0.39 is 18.2 Å². The summed E-state index contributed by atoms with van der Waals surface area (Å²) >= 11 is 13.7. The second-order valence-corrected chi connectivity index (χ2v) is 8.82. The van der Waals surface area contributed by atoms with Gasteiger partial charge in [0.15, 0.2) is 5.78 Å². The molecule has 0 aromatic heterocycles. The monoisotopic (exact) mass is 569 g/mol. The van der Waals surface area contributed by atoms with Gasteiger partial charge in [-0.3, -0.25) is 9.59 Å². The highest BCUT2D eigenvalue weighted by Crippen LogP contribution is 2.49. The first-order valence-corrected chi connectivity index (χ1v) is 10.4. The molecule has 3 rings (SSSR count). The Morgan fingerprint density at radius 2 is 1.80 bits per heavy atom.